The minimum atomic E-state index is -1.04. The number of hydrogen-bond donors (Lipinski definition) is 7. The fourth-order valence-electron chi connectivity index (χ4n) is 5.44. The summed E-state index contributed by atoms with van der Waals surface area (Å²) < 4.78 is 11.3. The van der Waals surface area contributed by atoms with E-state index >= 15 is 0 Å². The minimum absolute atomic E-state index is 0.118. The molecule has 0 saturated heterocycles. The quantitative estimate of drug-likeness (QED) is 0.0588. The van der Waals surface area contributed by atoms with E-state index in [-0.39, 0.29) is 62.4 Å². The number of alkyl carbamates (subject to hydrolysis) is 1. The van der Waals surface area contributed by atoms with Crippen molar-refractivity contribution in [1.29, 1.82) is 0 Å². The molecule has 3 atom stereocenters. The first-order chi connectivity index (χ1) is 26.5. The van der Waals surface area contributed by atoms with Crippen LogP contribution in [-0.2, 0) is 40.1 Å². The molecule has 0 spiro atoms. The van der Waals surface area contributed by atoms with Gasteiger partial charge in [-0.2, -0.15) is 0 Å². The first kappa shape index (κ1) is 46.8. The Hall–Kier alpha value is -5.33. The smallest absolute Gasteiger partial charge is 0.407 e. The first-order valence-electron chi connectivity index (χ1n) is 18.5. The number of amides is 9. The van der Waals surface area contributed by atoms with Crippen LogP contribution in [0.2, 0.25) is 0 Å². The summed E-state index contributed by atoms with van der Waals surface area (Å²) in [6.07, 6.45) is 3.78. The number of rotatable bonds is 24. The molecule has 8 N–H and O–H groups in total. The Bertz CT molecular complexity index is 1600. The van der Waals surface area contributed by atoms with Gasteiger partial charge >= 0.3 is 12.1 Å². The topological polar surface area (TPSA) is 256 Å². The Labute approximate surface area is 331 Å². The van der Waals surface area contributed by atoms with Crippen LogP contribution in [0.5, 0.6) is 5.75 Å². The van der Waals surface area contributed by atoms with Crippen LogP contribution in [0.15, 0.2) is 29.2 Å². The molecule has 0 radical (unpaired) electrons. The lowest BCUT2D eigenvalue weighted by Crippen LogP contribution is -2.54. The summed E-state index contributed by atoms with van der Waals surface area (Å²) in [5.41, 5.74) is 6.02. The van der Waals surface area contributed by atoms with Gasteiger partial charge in [0.25, 0.3) is 11.8 Å². The van der Waals surface area contributed by atoms with Gasteiger partial charge in [-0.3, -0.25) is 33.7 Å². The van der Waals surface area contributed by atoms with E-state index in [1.807, 2.05) is 6.92 Å². The van der Waals surface area contributed by atoms with E-state index in [9.17, 15) is 38.4 Å². The molecule has 0 bridgehead atoms. The van der Waals surface area contributed by atoms with Gasteiger partial charge in [0.05, 0.1) is 11.5 Å². The van der Waals surface area contributed by atoms with Crippen molar-refractivity contribution in [1.82, 2.24) is 31.5 Å². The third kappa shape index (κ3) is 17.0. The molecule has 9 amide bonds. The molecule has 1 aliphatic rings. The molecule has 310 valence electrons. The van der Waals surface area contributed by atoms with Crippen LogP contribution in [-0.4, -0.2) is 103 Å². The summed E-state index contributed by atoms with van der Waals surface area (Å²) in [5.74, 6) is -1.83. The summed E-state index contributed by atoms with van der Waals surface area (Å²) in [4.78, 5) is 99.4. The Morgan fingerprint density at radius 1 is 0.893 bits per heavy atom. The number of anilines is 1. The van der Waals surface area contributed by atoms with Crippen LogP contribution in [0.4, 0.5) is 15.3 Å². The van der Waals surface area contributed by atoms with E-state index in [0.717, 1.165) is 6.42 Å². The number of imide groups is 1. The Morgan fingerprint density at radius 2 is 1.59 bits per heavy atom. The van der Waals surface area contributed by atoms with Gasteiger partial charge in [0.1, 0.15) is 24.4 Å². The molecule has 2 unspecified atom stereocenters. The molecule has 0 fully saturated rings. The number of primary amides is 1. The largest absolute Gasteiger partial charge is 0.493 e. The molecule has 1 aromatic carbocycles. The monoisotopic (exact) mass is 804 g/mol. The van der Waals surface area contributed by atoms with Crippen LogP contribution in [0.3, 0.4) is 0 Å². The van der Waals surface area contributed by atoms with Crippen LogP contribution < -0.4 is 42.4 Å². The van der Waals surface area contributed by atoms with Gasteiger partial charge in [-0.05, 0) is 50.7 Å². The number of nitrogens with zero attached hydrogens (tertiary/aromatic N) is 1. The highest BCUT2D eigenvalue weighted by Gasteiger charge is 2.31. The molecule has 2 rings (SSSR count). The zero-order valence-corrected chi connectivity index (χ0v) is 33.7. The van der Waals surface area contributed by atoms with E-state index in [2.05, 4.69) is 31.9 Å². The zero-order chi connectivity index (χ0) is 41.8. The molecule has 0 saturated carbocycles. The zero-order valence-electron chi connectivity index (χ0n) is 32.9. The summed E-state index contributed by atoms with van der Waals surface area (Å²) >= 11 is 1.24. The average Bonchev–Trinajstić information content (AvgIpc) is 3.40. The number of carbonyl (C=O) groups excluding carboxylic acids is 8. The second-order valence-corrected chi connectivity index (χ2v) is 14.6. The molecule has 1 heterocycles. The number of ether oxygens (including phenoxy) is 2. The molecule has 19 heteroatoms. The number of unbranched alkanes of at least 4 members (excludes halogenated alkanes) is 3. The molecule has 1 aliphatic heterocycles. The fourth-order valence-corrected chi connectivity index (χ4v) is 6.37. The number of hydrogen-bond acceptors (Lipinski definition) is 11. The third-order valence-electron chi connectivity index (χ3n) is 8.26. The molecular formula is C37H56N8O10S. The maximum absolute atomic E-state index is 13.5. The maximum atomic E-state index is 13.5. The first-order valence-corrected chi connectivity index (χ1v) is 19.5. The summed E-state index contributed by atoms with van der Waals surface area (Å²) in [6, 6.07) is 2.00. The van der Waals surface area contributed by atoms with E-state index < -0.39 is 41.9 Å². The lowest BCUT2D eigenvalue weighted by atomic mass is 10.0. The van der Waals surface area contributed by atoms with E-state index in [0.29, 0.717) is 53.3 Å². The number of thioether (sulfide) groups is 1. The maximum Gasteiger partial charge on any atom is 0.407 e. The molecular weight excluding hydrogens is 749 g/mol. The highest BCUT2D eigenvalue weighted by Crippen LogP contribution is 2.27. The SMILES string of the molecule is CNC(=O)OCc1ccc(NC(=O)[C@H](CCCNC(N)=O)NC(=O)C(NC(C)=O)C(C)C)cc1OCCCCCCN1C(=O)C=C(SCC(C)NC(C)=O)C1=O. The van der Waals surface area contributed by atoms with Crippen molar-refractivity contribution >= 4 is 65.0 Å². The summed E-state index contributed by atoms with van der Waals surface area (Å²) in [6.45, 7) is 8.65. The fraction of sp³-hybridized carbons (Fsp3) is 0.568. The van der Waals surface area contributed by atoms with E-state index in [1.54, 1.807) is 32.0 Å². The molecule has 18 nitrogen and oxygen atoms in total. The lowest BCUT2D eigenvalue weighted by molar-refractivity contribution is -0.137. The average molecular weight is 805 g/mol. The standard InChI is InChI=1S/C37H56N8O10S/c1-22(2)32(42-25(5)47)34(50)44-28(12-11-15-40-36(38)52)33(49)43-27-14-13-26(20-55-37(53)39-6)29(18-27)54-17-10-8-7-9-16-45-31(48)19-30(35(45)51)56-21-23(3)41-24(4)46/h13-14,18-19,22-23,28,32H,7-12,15-17,20-21H2,1-6H3,(H,39,53)(H,41,46)(H,42,47)(H,43,49)(H,44,50)(H3,38,40,52)/t23?,28-,32?/m0/s1. The molecule has 0 aliphatic carbocycles. The van der Waals surface area contributed by atoms with Crippen molar-refractivity contribution in [2.75, 3.05) is 37.8 Å². The van der Waals surface area contributed by atoms with Crippen molar-refractivity contribution in [3.8, 4) is 5.75 Å². The molecule has 0 aromatic heterocycles. The lowest BCUT2D eigenvalue weighted by Gasteiger charge is -2.25. The Morgan fingerprint density at radius 3 is 2.23 bits per heavy atom. The molecule has 56 heavy (non-hydrogen) atoms. The van der Waals surface area contributed by atoms with Crippen molar-refractivity contribution in [3.63, 3.8) is 0 Å². The van der Waals surface area contributed by atoms with Crippen LogP contribution in [0, 0.1) is 5.92 Å². The second-order valence-electron chi connectivity index (χ2n) is 13.5. The van der Waals surface area contributed by atoms with Gasteiger partial charge in [0.2, 0.25) is 23.6 Å². The number of benzene rings is 1. The Kier molecular flexibility index (Phi) is 20.3. The number of nitrogens with one attached hydrogen (secondary N) is 6. The summed E-state index contributed by atoms with van der Waals surface area (Å²) in [5, 5.41) is 15.7. The molecule has 1 aromatic rings. The normalized spacial score (nSPS) is 13.9. The van der Waals surface area contributed by atoms with E-state index in [4.69, 9.17) is 15.2 Å². The van der Waals surface area contributed by atoms with Crippen LogP contribution in [0.1, 0.15) is 78.7 Å². The highest BCUT2D eigenvalue weighted by molar-refractivity contribution is 8.04. The van der Waals surface area contributed by atoms with Gasteiger partial charge in [0, 0.05) is 69.2 Å². The Balaban J connectivity index is 2.03. The number of urea groups is 1. The predicted molar refractivity (Wildman–Crippen MR) is 210 cm³/mol. The van der Waals surface area contributed by atoms with E-state index in [1.165, 1.54) is 43.6 Å². The second kappa shape index (κ2) is 24.2. The van der Waals surface area contributed by atoms with Crippen molar-refractivity contribution in [2.45, 2.75) is 97.9 Å². The summed E-state index contributed by atoms with van der Waals surface area (Å²) in [7, 11) is 1.43. The van der Waals surface area contributed by atoms with Crippen LogP contribution in [0.25, 0.3) is 0 Å². The van der Waals surface area contributed by atoms with Gasteiger partial charge in [-0.15, -0.1) is 11.8 Å². The van der Waals surface area contributed by atoms with Crippen molar-refractivity contribution in [3.05, 3.63) is 34.7 Å². The van der Waals surface area contributed by atoms with Gasteiger partial charge in [0.15, 0.2) is 0 Å². The number of nitrogens with two attached hydrogens (primary N) is 1. The third-order valence-corrected chi connectivity index (χ3v) is 9.53. The van der Waals surface area contributed by atoms with Gasteiger partial charge < -0.3 is 47.1 Å². The van der Waals surface area contributed by atoms with Crippen molar-refractivity contribution < 1.29 is 47.8 Å². The van der Waals surface area contributed by atoms with Crippen LogP contribution >= 0.6 is 11.8 Å². The minimum Gasteiger partial charge on any atom is -0.493 e. The highest BCUT2D eigenvalue weighted by atomic mass is 32.2. The predicted octanol–water partition coefficient (Wildman–Crippen LogP) is 2.02. The van der Waals surface area contributed by atoms with Gasteiger partial charge in [-0.25, -0.2) is 9.59 Å². The number of carbonyl (C=O) groups is 8. The van der Waals surface area contributed by atoms with Crippen molar-refractivity contribution in [2.24, 2.45) is 11.7 Å². The van der Waals surface area contributed by atoms with Gasteiger partial charge in [-0.1, -0.05) is 26.7 Å².